The molecular weight excluding hydrogens is 314 g/mol. The van der Waals surface area contributed by atoms with Crippen LogP contribution in [0.1, 0.15) is 51.0 Å². The third kappa shape index (κ3) is 7.19. The number of hydrogen-bond donors (Lipinski definition) is 2. The van der Waals surface area contributed by atoms with Gasteiger partial charge in [-0.05, 0) is 37.2 Å². The number of hydrogen-bond acceptors (Lipinski definition) is 4. The first-order valence-corrected chi connectivity index (χ1v) is 8.20. The summed E-state index contributed by atoms with van der Waals surface area (Å²) in [5.41, 5.74) is 0.985. The molecule has 0 aromatic heterocycles. The van der Waals surface area contributed by atoms with Crippen molar-refractivity contribution in [1.29, 1.82) is 0 Å². The SMILES string of the molecule is CCCCCCCC(=O)NC(=S)Nc1ccc(C)cc1[N+](=O)[O-]. The van der Waals surface area contributed by atoms with Gasteiger partial charge in [-0.3, -0.25) is 14.9 Å². The highest BCUT2D eigenvalue weighted by Gasteiger charge is 2.15. The maximum absolute atomic E-state index is 11.8. The standard InChI is InChI=1S/C16H23N3O3S/c1-3-4-5-6-7-8-15(20)18-16(23)17-13-10-9-12(2)11-14(13)19(21)22/h9-11H,3-8H2,1-2H3,(H2,17,18,20,23). The Morgan fingerprint density at radius 3 is 2.61 bits per heavy atom. The van der Waals surface area contributed by atoms with E-state index < -0.39 is 4.92 Å². The third-order valence-electron chi connectivity index (χ3n) is 3.36. The molecule has 1 rings (SSSR count). The van der Waals surface area contributed by atoms with Crippen LogP contribution < -0.4 is 10.6 Å². The molecule has 0 fully saturated rings. The van der Waals surface area contributed by atoms with Gasteiger partial charge in [0.05, 0.1) is 4.92 Å². The number of carbonyl (C=O) groups is 1. The summed E-state index contributed by atoms with van der Waals surface area (Å²) in [6.07, 6.45) is 5.71. The van der Waals surface area contributed by atoms with Crippen LogP contribution in [0.5, 0.6) is 0 Å². The Kier molecular flexibility index (Phi) is 8.18. The van der Waals surface area contributed by atoms with E-state index in [4.69, 9.17) is 12.2 Å². The van der Waals surface area contributed by atoms with Crippen molar-refractivity contribution in [2.45, 2.75) is 52.4 Å². The number of amides is 1. The monoisotopic (exact) mass is 337 g/mol. The Hall–Kier alpha value is -2.02. The first-order chi connectivity index (χ1) is 10.9. The molecule has 0 saturated carbocycles. The molecular formula is C16H23N3O3S. The number of thiocarbonyl (C=S) groups is 1. The molecule has 126 valence electrons. The van der Waals surface area contributed by atoms with E-state index >= 15 is 0 Å². The lowest BCUT2D eigenvalue weighted by Gasteiger charge is -2.10. The average molecular weight is 337 g/mol. The summed E-state index contributed by atoms with van der Waals surface area (Å²) >= 11 is 5.05. The summed E-state index contributed by atoms with van der Waals surface area (Å²) in [5.74, 6) is -0.172. The minimum Gasteiger partial charge on any atom is -0.327 e. The van der Waals surface area contributed by atoms with Crippen LogP contribution in [-0.2, 0) is 4.79 Å². The van der Waals surface area contributed by atoms with Gasteiger partial charge in [-0.15, -0.1) is 0 Å². The van der Waals surface area contributed by atoms with Crippen LogP contribution in [0.3, 0.4) is 0 Å². The molecule has 1 amide bonds. The number of nitrogens with zero attached hydrogens (tertiary/aromatic N) is 1. The van der Waals surface area contributed by atoms with Crippen molar-refractivity contribution in [2.75, 3.05) is 5.32 Å². The lowest BCUT2D eigenvalue weighted by molar-refractivity contribution is -0.383. The highest BCUT2D eigenvalue weighted by atomic mass is 32.1. The second-order valence-electron chi connectivity index (χ2n) is 5.44. The molecule has 2 N–H and O–H groups in total. The fraction of sp³-hybridized carbons (Fsp3) is 0.500. The van der Waals surface area contributed by atoms with Crippen LogP contribution in [0.2, 0.25) is 0 Å². The van der Waals surface area contributed by atoms with E-state index in [-0.39, 0.29) is 22.4 Å². The van der Waals surface area contributed by atoms with Crippen LogP contribution in [0.4, 0.5) is 11.4 Å². The Bertz CT molecular complexity index is 576. The zero-order valence-electron chi connectivity index (χ0n) is 13.6. The van der Waals surface area contributed by atoms with E-state index in [1.165, 1.54) is 12.5 Å². The summed E-state index contributed by atoms with van der Waals surface area (Å²) in [4.78, 5) is 22.3. The number of nitro groups is 1. The van der Waals surface area contributed by atoms with Gasteiger partial charge in [0.15, 0.2) is 5.11 Å². The van der Waals surface area contributed by atoms with E-state index in [9.17, 15) is 14.9 Å². The van der Waals surface area contributed by atoms with Crippen LogP contribution >= 0.6 is 12.2 Å². The van der Waals surface area contributed by atoms with Gasteiger partial charge < -0.3 is 10.6 Å². The molecule has 0 bridgehead atoms. The predicted molar refractivity (Wildman–Crippen MR) is 95.6 cm³/mol. The molecule has 0 radical (unpaired) electrons. The van der Waals surface area contributed by atoms with Crippen LogP contribution in [0.15, 0.2) is 18.2 Å². The summed E-state index contributed by atoms with van der Waals surface area (Å²) < 4.78 is 0. The van der Waals surface area contributed by atoms with E-state index in [1.807, 2.05) is 0 Å². The van der Waals surface area contributed by atoms with Gasteiger partial charge in [0.2, 0.25) is 5.91 Å². The number of nitrogens with one attached hydrogen (secondary N) is 2. The molecule has 0 heterocycles. The molecule has 6 nitrogen and oxygen atoms in total. The molecule has 0 aliphatic carbocycles. The van der Waals surface area contributed by atoms with Crippen molar-refractivity contribution in [1.82, 2.24) is 5.32 Å². The maximum atomic E-state index is 11.8. The molecule has 7 heteroatoms. The Balaban J connectivity index is 2.47. The number of aryl methyl sites for hydroxylation is 1. The van der Waals surface area contributed by atoms with Gasteiger partial charge in [-0.2, -0.15) is 0 Å². The maximum Gasteiger partial charge on any atom is 0.292 e. The minimum absolute atomic E-state index is 0.0684. The van der Waals surface area contributed by atoms with Crippen molar-refractivity contribution in [2.24, 2.45) is 0 Å². The smallest absolute Gasteiger partial charge is 0.292 e. The second-order valence-corrected chi connectivity index (χ2v) is 5.85. The Morgan fingerprint density at radius 1 is 1.26 bits per heavy atom. The molecule has 0 unspecified atom stereocenters. The quantitative estimate of drug-likeness (QED) is 0.323. The number of anilines is 1. The second kappa shape index (κ2) is 9.89. The Labute approximate surface area is 141 Å². The van der Waals surface area contributed by atoms with Crippen molar-refractivity contribution in [3.63, 3.8) is 0 Å². The lowest BCUT2D eigenvalue weighted by Crippen LogP contribution is -2.34. The van der Waals surface area contributed by atoms with Gasteiger partial charge in [-0.1, -0.05) is 38.7 Å². The summed E-state index contributed by atoms with van der Waals surface area (Å²) in [5, 5.41) is 16.4. The fourth-order valence-electron chi connectivity index (χ4n) is 2.13. The normalized spacial score (nSPS) is 10.2. The molecule has 0 aliphatic heterocycles. The van der Waals surface area contributed by atoms with Gasteiger partial charge in [-0.25, -0.2) is 0 Å². The van der Waals surface area contributed by atoms with Gasteiger partial charge in [0, 0.05) is 12.5 Å². The van der Waals surface area contributed by atoms with Crippen molar-refractivity contribution < 1.29 is 9.72 Å². The van der Waals surface area contributed by atoms with Crippen molar-refractivity contribution in [3.05, 3.63) is 33.9 Å². The van der Waals surface area contributed by atoms with E-state index in [0.717, 1.165) is 31.2 Å². The third-order valence-corrected chi connectivity index (χ3v) is 3.56. The highest BCUT2D eigenvalue weighted by molar-refractivity contribution is 7.80. The zero-order valence-corrected chi connectivity index (χ0v) is 14.4. The molecule has 0 spiro atoms. The molecule has 1 aromatic rings. The van der Waals surface area contributed by atoms with Crippen LogP contribution in [0, 0.1) is 17.0 Å². The average Bonchev–Trinajstić information content (AvgIpc) is 2.48. The van der Waals surface area contributed by atoms with Crippen molar-refractivity contribution >= 4 is 34.6 Å². The van der Waals surface area contributed by atoms with Gasteiger partial charge >= 0.3 is 0 Å². The topological polar surface area (TPSA) is 84.3 Å². The fourth-order valence-corrected chi connectivity index (χ4v) is 2.35. The Morgan fingerprint density at radius 2 is 1.96 bits per heavy atom. The molecule has 0 saturated heterocycles. The molecule has 1 aromatic carbocycles. The van der Waals surface area contributed by atoms with E-state index in [0.29, 0.717) is 6.42 Å². The number of carbonyl (C=O) groups excluding carboxylic acids is 1. The van der Waals surface area contributed by atoms with E-state index in [2.05, 4.69) is 17.6 Å². The molecule has 23 heavy (non-hydrogen) atoms. The predicted octanol–water partition coefficient (Wildman–Crippen LogP) is 4.08. The summed E-state index contributed by atoms with van der Waals surface area (Å²) in [7, 11) is 0. The number of benzene rings is 1. The lowest BCUT2D eigenvalue weighted by atomic mass is 10.1. The number of nitro benzene ring substituents is 1. The zero-order chi connectivity index (χ0) is 17.2. The number of unbranched alkanes of at least 4 members (excludes halogenated alkanes) is 4. The summed E-state index contributed by atoms with van der Waals surface area (Å²) in [6.45, 7) is 3.91. The van der Waals surface area contributed by atoms with Crippen molar-refractivity contribution in [3.8, 4) is 0 Å². The largest absolute Gasteiger partial charge is 0.327 e. The van der Waals surface area contributed by atoms with E-state index in [1.54, 1.807) is 19.1 Å². The van der Waals surface area contributed by atoms with Gasteiger partial charge in [0.1, 0.15) is 5.69 Å². The minimum atomic E-state index is -0.479. The first kappa shape index (κ1) is 19.0. The van der Waals surface area contributed by atoms with Crippen LogP contribution in [0.25, 0.3) is 0 Å². The first-order valence-electron chi connectivity index (χ1n) is 7.80. The van der Waals surface area contributed by atoms with Gasteiger partial charge in [0.25, 0.3) is 5.69 Å². The van der Waals surface area contributed by atoms with Crippen LogP contribution in [-0.4, -0.2) is 15.9 Å². The highest BCUT2D eigenvalue weighted by Crippen LogP contribution is 2.25. The number of rotatable bonds is 8. The molecule has 0 aliphatic rings. The molecule has 0 atom stereocenters. The summed E-state index contributed by atoms with van der Waals surface area (Å²) in [6, 6.07) is 4.78.